The first-order valence-corrected chi connectivity index (χ1v) is 6.08. The third-order valence-electron chi connectivity index (χ3n) is 4.65. The standard InChI is InChI=1S/C13H20O2/c1-9(14)10-6-7-13(2)11(8-10)4-3-5-12(13)15/h10-11H,3-8H2,1-2H3/t10-,11-,13-/m1/s1. The third-order valence-corrected chi connectivity index (χ3v) is 4.65. The minimum atomic E-state index is -0.0931. The number of carbonyl (C=O) groups is 2. The van der Waals surface area contributed by atoms with Crippen LogP contribution in [0.3, 0.4) is 0 Å². The molecule has 2 saturated carbocycles. The molecule has 84 valence electrons. The van der Waals surface area contributed by atoms with Crippen molar-refractivity contribution in [2.45, 2.75) is 52.4 Å². The number of rotatable bonds is 1. The second-order valence-corrected chi connectivity index (χ2v) is 5.51. The van der Waals surface area contributed by atoms with Gasteiger partial charge < -0.3 is 0 Å². The van der Waals surface area contributed by atoms with Gasteiger partial charge in [0, 0.05) is 17.8 Å². The number of carbonyl (C=O) groups excluding carboxylic acids is 2. The summed E-state index contributed by atoms with van der Waals surface area (Å²) in [6.45, 7) is 3.81. The molecule has 0 spiro atoms. The molecule has 0 N–H and O–H groups in total. The van der Waals surface area contributed by atoms with E-state index >= 15 is 0 Å². The summed E-state index contributed by atoms with van der Waals surface area (Å²) < 4.78 is 0. The molecular formula is C13H20O2. The lowest BCUT2D eigenvalue weighted by atomic mass is 9.57. The Hall–Kier alpha value is -0.660. The van der Waals surface area contributed by atoms with Gasteiger partial charge in [0.1, 0.15) is 11.6 Å². The highest BCUT2D eigenvalue weighted by molar-refractivity contribution is 5.86. The summed E-state index contributed by atoms with van der Waals surface area (Å²) in [6, 6.07) is 0. The van der Waals surface area contributed by atoms with Gasteiger partial charge >= 0.3 is 0 Å². The van der Waals surface area contributed by atoms with E-state index in [1.54, 1.807) is 6.92 Å². The van der Waals surface area contributed by atoms with Gasteiger partial charge in [0.05, 0.1) is 0 Å². The van der Waals surface area contributed by atoms with Crippen molar-refractivity contribution < 1.29 is 9.59 Å². The molecule has 2 rings (SSSR count). The van der Waals surface area contributed by atoms with Crippen molar-refractivity contribution in [3.63, 3.8) is 0 Å². The highest BCUT2D eigenvalue weighted by Crippen LogP contribution is 2.49. The van der Waals surface area contributed by atoms with Crippen molar-refractivity contribution in [3.05, 3.63) is 0 Å². The van der Waals surface area contributed by atoms with Crippen molar-refractivity contribution in [2.75, 3.05) is 0 Å². The Balaban J connectivity index is 2.14. The van der Waals surface area contributed by atoms with E-state index < -0.39 is 0 Å². The minimum Gasteiger partial charge on any atom is -0.300 e. The summed E-state index contributed by atoms with van der Waals surface area (Å²) in [5.74, 6) is 1.46. The van der Waals surface area contributed by atoms with Crippen LogP contribution in [0.5, 0.6) is 0 Å². The molecule has 15 heavy (non-hydrogen) atoms. The Labute approximate surface area is 91.4 Å². The lowest BCUT2D eigenvalue weighted by Crippen LogP contribution is -2.44. The molecule has 2 heteroatoms. The fourth-order valence-corrected chi connectivity index (χ4v) is 3.37. The molecule has 0 heterocycles. The van der Waals surface area contributed by atoms with E-state index in [1.165, 1.54) is 0 Å². The zero-order valence-electron chi connectivity index (χ0n) is 9.71. The fourth-order valence-electron chi connectivity index (χ4n) is 3.37. The quantitative estimate of drug-likeness (QED) is 0.664. The molecule has 0 saturated heterocycles. The smallest absolute Gasteiger partial charge is 0.139 e. The molecule has 2 fully saturated rings. The second kappa shape index (κ2) is 3.73. The molecule has 0 aromatic heterocycles. The highest BCUT2D eigenvalue weighted by Gasteiger charge is 2.47. The van der Waals surface area contributed by atoms with Gasteiger partial charge in [-0.1, -0.05) is 6.92 Å². The summed E-state index contributed by atoms with van der Waals surface area (Å²) in [5.41, 5.74) is -0.0931. The van der Waals surface area contributed by atoms with Crippen LogP contribution >= 0.6 is 0 Å². The van der Waals surface area contributed by atoms with Crippen molar-refractivity contribution in [2.24, 2.45) is 17.3 Å². The van der Waals surface area contributed by atoms with Crippen LogP contribution in [0.15, 0.2) is 0 Å². The maximum Gasteiger partial charge on any atom is 0.139 e. The minimum absolute atomic E-state index is 0.0931. The predicted molar refractivity (Wildman–Crippen MR) is 58.5 cm³/mol. The van der Waals surface area contributed by atoms with E-state index in [2.05, 4.69) is 6.92 Å². The molecule has 2 aliphatic rings. The number of hydrogen-bond acceptors (Lipinski definition) is 2. The van der Waals surface area contributed by atoms with Crippen LogP contribution in [-0.2, 0) is 9.59 Å². The molecule has 0 aliphatic heterocycles. The van der Waals surface area contributed by atoms with E-state index in [1.807, 2.05) is 0 Å². The lowest BCUT2D eigenvalue weighted by Gasteiger charge is -2.45. The second-order valence-electron chi connectivity index (χ2n) is 5.51. The lowest BCUT2D eigenvalue weighted by molar-refractivity contribution is -0.140. The molecule has 0 radical (unpaired) electrons. The van der Waals surface area contributed by atoms with E-state index in [0.717, 1.165) is 38.5 Å². The first-order valence-electron chi connectivity index (χ1n) is 6.08. The highest BCUT2D eigenvalue weighted by atomic mass is 16.1. The predicted octanol–water partition coefficient (Wildman–Crippen LogP) is 2.75. The van der Waals surface area contributed by atoms with Gasteiger partial charge in [0.25, 0.3) is 0 Å². The van der Waals surface area contributed by atoms with E-state index in [0.29, 0.717) is 17.5 Å². The van der Waals surface area contributed by atoms with E-state index in [9.17, 15) is 9.59 Å². The maximum atomic E-state index is 11.9. The van der Waals surface area contributed by atoms with Crippen LogP contribution in [0.25, 0.3) is 0 Å². The Morgan fingerprint density at radius 2 is 2.13 bits per heavy atom. The van der Waals surface area contributed by atoms with Gasteiger partial charge in [0.15, 0.2) is 0 Å². The van der Waals surface area contributed by atoms with Crippen LogP contribution in [0.4, 0.5) is 0 Å². The molecule has 2 nitrogen and oxygen atoms in total. The maximum absolute atomic E-state index is 11.9. The van der Waals surface area contributed by atoms with Gasteiger partial charge in [-0.25, -0.2) is 0 Å². The molecule has 0 bridgehead atoms. The van der Waals surface area contributed by atoms with Crippen LogP contribution in [0.2, 0.25) is 0 Å². The topological polar surface area (TPSA) is 34.1 Å². The molecule has 0 aromatic carbocycles. The van der Waals surface area contributed by atoms with Crippen LogP contribution in [0.1, 0.15) is 52.4 Å². The van der Waals surface area contributed by atoms with Crippen molar-refractivity contribution in [1.29, 1.82) is 0 Å². The van der Waals surface area contributed by atoms with Gasteiger partial charge in [-0.05, 0) is 44.9 Å². The largest absolute Gasteiger partial charge is 0.300 e. The number of hydrogen-bond donors (Lipinski definition) is 0. The Morgan fingerprint density at radius 1 is 1.40 bits per heavy atom. The molecule has 0 aromatic rings. The zero-order valence-corrected chi connectivity index (χ0v) is 9.71. The molecule has 2 aliphatic carbocycles. The first-order chi connectivity index (χ1) is 7.04. The number of Topliss-reactive ketones (excluding diaryl/α,β-unsaturated/α-hetero) is 2. The first kappa shape index (κ1) is 10.8. The third kappa shape index (κ3) is 1.75. The van der Waals surface area contributed by atoms with Gasteiger partial charge in [-0.3, -0.25) is 9.59 Å². The van der Waals surface area contributed by atoms with Crippen LogP contribution in [0, 0.1) is 17.3 Å². The SMILES string of the molecule is CC(=O)[C@@H]1CC[C@@]2(C)C(=O)CCC[C@@H]2C1. The van der Waals surface area contributed by atoms with Gasteiger partial charge in [-0.15, -0.1) is 0 Å². The molecule has 3 atom stereocenters. The van der Waals surface area contributed by atoms with Crippen molar-refractivity contribution in [1.82, 2.24) is 0 Å². The zero-order chi connectivity index (χ0) is 11.1. The van der Waals surface area contributed by atoms with Crippen molar-refractivity contribution >= 4 is 11.6 Å². The Kier molecular flexibility index (Phi) is 2.70. The molecule has 0 unspecified atom stereocenters. The van der Waals surface area contributed by atoms with E-state index in [4.69, 9.17) is 0 Å². The summed E-state index contributed by atoms with van der Waals surface area (Å²) >= 11 is 0. The molecular weight excluding hydrogens is 188 g/mol. The average molecular weight is 208 g/mol. The van der Waals surface area contributed by atoms with Gasteiger partial charge in [0.2, 0.25) is 0 Å². The Morgan fingerprint density at radius 3 is 2.80 bits per heavy atom. The summed E-state index contributed by atoms with van der Waals surface area (Å²) in [5, 5.41) is 0. The Bertz CT molecular complexity index is 295. The summed E-state index contributed by atoms with van der Waals surface area (Å²) in [4.78, 5) is 23.3. The van der Waals surface area contributed by atoms with E-state index in [-0.39, 0.29) is 11.3 Å². The number of ketones is 2. The normalized spacial score (nSPS) is 41.1. The van der Waals surface area contributed by atoms with Gasteiger partial charge in [-0.2, -0.15) is 0 Å². The summed E-state index contributed by atoms with van der Waals surface area (Å²) in [7, 11) is 0. The average Bonchev–Trinajstić information content (AvgIpc) is 2.19. The van der Waals surface area contributed by atoms with Crippen LogP contribution < -0.4 is 0 Å². The fraction of sp³-hybridized carbons (Fsp3) is 0.846. The molecule has 0 amide bonds. The number of fused-ring (bicyclic) bond motifs is 1. The van der Waals surface area contributed by atoms with Crippen LogP contribution in [-0.4, -0.2) is 11.6 Å². The van der Waals surface area contributed by atoms with Crippen molar-refractivity contribution in [3.8, 4) is 0 Å². The summed E-state index contributed by atoms with van der Waals surface area (Å²) in [6.07, 6.45) is 5.75. The monoisotopic (exact) mass is 208 g/mol.